The SMILES string of the molecule is CC1(CNS(=O)(=O)N2CCCCC2C(=O)O)CCCCC1. The Morgan fingerprint density at radius 2 is 1.90 bits per heavy atom. The molecule has 0 amide bonds. The zero-order valence-electron chi connectivity index (χ0n) is 12.7. The lowest BCUT2D eigenvalue weighted by molar-refractivity contribution is -0.142. The van der Waals surface area contributed by atoms with Crippen LogP contribution >= 0.6 is 0 Å². The Kier molecular flexibility index (Phi) is 5.27. The number of nitrogens with one attached hydrogen (secondary N) is 1. The van der Waals surface area contributed by atoms with Crippen LogP contribution in [0.2, 0.25) is 0 Å². The molecule has 7 heteroatoms. The second kappa shape index (κ2) is 6.62. The van der Waals surface area contributed by atoms with Crippen molar-refractivity contribution in [1.82, 2.24) is 9.03 Å². The Balaban J connectivity index is 2.01. The van der Waals surface area contributed by atoms with E-state index >= 15 is 0 Å². The molecule has 122 valence electrons. The number of rotatable bonds is 5. The summed E-state index contributed by atoms with van der Waals surface area (Å²) in [5, 5.41) is 9.21. The fourth-order valence-electron chi connectivity index (χ4n) is 3.37. The maximum Gasteiger partial charge on any atom is 0.322 e. The van der Waals surface area contributed by atoms with E-state index in [2.05, 4.69) is 11.6 Å². The predicted molar refractivity (Wildman–Crippen MR) is 80.1 cm³/mol. The molecule has 1 aliphatic heterocycles. The number of hydrogen-bond acceptors (Lipinski definition) is 3. The third kappa shape index (κ3) is 4.17. The van der Waals surface area contributed by atoms with Gasteiger partial charge in [-0.2, -0.15) is 12.7 Å². The van der Waals surface area contributed by atoms with Crippen LogP contribution in [0.5, 0.6) is 0 Å². The zero-order valence-corrected chi connectivity index (χ0v) is 13.5. The smallest absolute Gasteiger partial charge is 0.322 e. The molecule has 2 rings (SSSR count). The molecule has 1 aliphatic carbocycles. The molecule has 1 heterocycles. The van der Waals surface area contributed by atoms with E-state index in [0.29, 0.717) is 19.5 Å². The molecule has 2 fully saturated rings. The van der Waals surface area contributed by atoms with Crippen LogP contribution in [0.15, 0.2) is 0 Å². The van der Waals surface area contributed by atoms with Crippen LogP contribution in [0.1, 0.15) is 58.3 Å². The molecule has 1 saturated carbocycles. The molecular weight excluding hydrogens is 292 g/mol. The summed E-state index contributed by atoms with van der Waals surface area (Å²) in [6.45, 7) is 2.81. The van der Waals surface area contributed by atoms with Crippen molar-refractivity contribution in [3.8, 4) is 0 Å². The number of aliphatic carboxylic acids is 1. The van der Waals surface area contributed by atoms with Crippen LogP contribution in [0, 0.1) is 5.41 Å². The first-order valence-corrected chi connectivity index (χ1v) is 9.27. The predicted octanol–water partition coefficient (Wildman–Crippen LogP) is 1.73. The molecule has 0 aromatic rings. The van der Waals surface area contributed by atoms with Gasteiger partial charge >= 0.3 is 5.97 Å². The van der Waals surface area contributed by atoms with Crippen molar-refractivity contribution in [3.63, 3.8) is 0 Å². The average molecular weight is 318 g/mol. The first-order chi connectivity index (χ1) is 9.84. The maximum absolute atomic E-state index is 12.4. The lowest BCUT2D eigenvalue weighted by Crippen LogP contribution is -2.53. The number of carboxylic acids is 1. The van der Waals surface area contributed by atoms with Crippen molar-refractivity contribution in [2.45, 2.75) is 64.3 Å². The van der Waals surface area contributed by atoms with Crippen LogP contribution in [0.25, 0.3) is 0 Å². The van der Waals surface area contributed by atoms with Crippen molar-refractivity contribution >= 4 is 16.2 Å². The number of nitrogens with zero attached hydrogens (tertiary/aromatic N) is 1. The second-order valence-corrected chi connectivity index (χ2v) is 8.37. The fraction of sp³-hybridized carbons (Fsp3) is 0.929. The summed E-state index contributed by atoms with van der Waals surface area (Å²) < 4.78 is 28.7. The number of hydrogen-bond donors (Lipinski definition) is 2. The molecule has 2 N–H and O–H groups in total. The van der Waals surface area contributed by atoms with E-state index in [1.807, 2.05) is 0 Å². The highest BCUT2D eigenvalue weighted by Crippen LogP contribution is 2.35. The summed E-state index contributed by atoms with van der Waals surface area (Å²) in [6, 6.07) is -0.921. The minimum absolute atomic E-state index is 0.000172. The van der Waals surface area contributed by atoms with Gasteiger partial charge in [0.1, 0.15) is 6.04 Å². The van der Waals surface area contributed by atoms with E-state index in [1.54, 1.807) is 0 Å². The lowest BCUT2D eigenvalue weighted by Gasteiger charge is -2.36. The molecule has 1 atom stereocenters. The van der Waals surface area contributed by atoms with E-state index in [4.69, 9.17) is 0 Å². The number of carboxylic acid groups (broad SMARTS) is 1. The zero-order chi connectivity index (χ0) is 15.5. The van der Waals surface area contributed by atoms with Crippen LogP contribution in [0.3, 0.4) is 0 Å². The number of carbonyl (C=O) groups is 1. The van der Waals surface area contributed by atoms with Gasteiger partial charge in [0.2, 0.25) is 0 Å². The minimum atomic E-state index is -3.71. The fourth-order valence-corrected chi connectivity index (χ4v) is 4.97. The highest BCUT2D eigenvalue weighted by atomic mass is 32.2. The summed E-state index contributed by atoms with van der Waals surface area (Å²) >= 11 is 0. The molecule has 1 unspecified atom stereocenters. The van der Waals surface area contributed by atoms with Crippen molar-refractivity contribution in [2.75, 3.05) is 13.1 Å². The van der Waals surface area contributed by atoms with Gasteiger partial charge in [-0.05, 0) is 37.5 Å². The van der Waals surface area contributed by atoms with Crippen molar-refractivity contribution in [1.29, 1.82) is 0 Å². The standard InChI is InChI=1S/C14H26N2O4S/c1-14(8-4-2-5-9-14)11-15-21(19,20)16-10-6-3-7-12(16)13(17)18/h12,15H,2-11H2,1H3,(H,17,18). The van der Waals surface area contributed by atoms with Gasteiger partial charge in [0.25, 0.3) is 10.2 Å². The molecule has 0 spiro atoms. The van der Waals surface area contributed by atoms with Crippen LogP contribution in [-0.2, 0) is 15.0 Å². The van der Waals surface area contributed by atoms with Crippen molar-refractivity contribution in [3.05, 3.63) is 0 Å². The van der Waals surface area contributed by atoms with E-state index in [-0.39, 0.29) is 5.41 Å². The minimum Gasteiger partial charge on any atom is -0.480 e. The van der Waals surface area contributed by atoms with Gasteiger partial charge in [-0.25, -0.2) is 4.72 Å². The molecule has 21 heavy (non-hydrogen) atoms. The molecule has 0 bridgehead atoms. The largest absolute Gasteiger partial charge is 0.480 e. The topological polar surface area (TPSA) is 86.7 Å². The molecule has 0 radical (unpaired) electrons. The van der Waals surface area contributed by atoms with Crippen molar-refractivity contribution < 1.29 is 18.3 Å². The highest BCUT2D eigenvalue weighted by molar-refractivity contribution is 7.87. The Morgan fingerprint density at radius 3 is 2.52 bits per heavy atom. The Labute approximate surface area is 127 Å². The number of piperidine rings is 1. The Hall–Kier alpha value is -0.660. The average Bonchev–Trinajstić information content (AvgIpc) is 2.46. The first-order valence-electron chi connectivity index (χ1n) is 7.83. The van der Waals surface area contributed by atoms with E-state index < -0.39 is 22.2 Å². The van der Waals surface area contributed by atoms with Gasteiger partial charge in [-0.1, -0.05) is 26.2 Å². The normalized spacial score (nSPS) is 27.4. The lowest BCUT2D eigenvalue weighted by atomic mass is 9.76. The molecule has 1 saturated heterocycles. The maximum atomic E-state index is 12.4. The molecule has 0 aromatic carbocycles. The summed E-state index contributed by atoms with van der Waals surface area (Å²) in [4.78, 5) is 11.2. The van der Waals surface area contributed by atoms with Gasteiger partial charge in [0.15, 0.2) is 0 Å². The van der Waals surface area contributed by atoms with Crippen LogP contribution < -0.4 is 4.72 Å². The highest BCUT2D eigenvalue weighted by Gasteiger charge is 2.38. The summed E-state index contributed by atoms with van der Waals surface area (Å²) in [5.74, 6) is -1.05. The van der Waals surface area contributed by atoms with Crippen LogP contribution in [-0.4, -0.2) is 42.9 Å². The monoisotopic (exact) mass is 318 g/mol. The third-order valence-electron chi connectivity index (χ3n) is 4.79. The van der Waals surface area contributed by atoms with Gasteiger partial charge in [-0.15, -0.1) is 0 Å². The third-order valence-corrected chi connectivity index (χ3v) is 6.35. The molecule has 2 aliphatic rings. The van der Waals surface area contributed by atoms with E-state index in [1.165, 1.54) is 6.42 Å². The first kappa shape index (κ1) is 16.7. The summed E-state index contributed by atoms with van der Waals surface area (Å²) in [7, 11) is -3.71. The van der Waals surface area contributed by atoms with Crippen molar-refractivity contribution in [2.24, 2.45) is 5.41 Å². The van der Waals surface area contributed by atoms with Gasteiger partial charge in [0.05, 0.1) is 0 Å². The molecule has 0 aromatic heterocycles. The van der Waals surface area contributed by atoms with Gasteiger partial charge < -0.3 is 5.11 Å². The quantitative estimate of drug-likeness (QED) is 0.808. The summed E-state index contributed by atoms with van der Waals surface area (Å²) in [6.07, 6.45) is 7.43. The van der Waals surface area contributed by atoms with Gasteiger partial charge in [-0.3, -0.25) is 4.79 Å². The molecular formula is C14H26N2O4S. The van der Waals surface area contributed by atoms with Crippen LogP contribution in [0.4, 0.5) is 0 Å². The van der Waals surface area contributed by atoms with E-state index in [0.717, 1.165) is 42.8 Å². The summed E-state index contributed by atoms with van der Waals surface area (Å²) in [5.41, 5.74) is -0.000172. The Morgan fingerprint density at radius 1 is 1.24 bits per heavy atom. The Bertz CT molecular complexity index is 471. The van der Waals surface area contributed by atoms with E-state index in [9.17, 15) is 18.3 Å². The van der Waals surface area contributed by atoms with Gasteiger partial charge in [0, 0.05) is 13.1 Å². The second-order valence-electron chi connectivity index (χ2n) is 6.66. The molecule has 6 nitrogen and oxygen atoms in total.